The van der Waals surface area contributed by atoms with Crippen molar-refractivity contribution < 1.29 is 9.21 Å². The minimum Gasteiger partial charge on any atom is -0.411 e. The van der Waals surface area contributed by atoms with Crippen LogP contribution in [0.1, 0.15) is 12.0 Å². The van der Waals surface area contributed by atoms with Crippen LogP contribution in [0.25, 0.3) is 11.5 Å². The van der Waals surface area contributed by atoms with E-state index in [1.165, 1.54) is 11.8 Å². The average molecular weight is 416 g/mol. The quantitative estimate of drug-likeness (QED) is 0.679. The average Bonchev–Trinajstić information content (AvgIpc) is 3.01. The zero-order valence-corrected chi connectivity index (χ0v) is 15.5. The second-order valence-corrected chi connectivity index (χ2v) is 7.65. The number of nitrogens with one attached hydrogen (secondary N) is 1. The van der Waals surface area contributed by atoms with Gasteiger partial charge in [0.2, 0.25) is 11.8 Å². The molecule has 25 heavy (non-hydrogen) atoms. The summed E-state index contributed by atoms with van der Waals surface area (Å²) in [6.45, 7) is 0. The summed E-state index contributed by atoms with van der Waals surface area (Å²) in [4.78, 5) is 12.5. The molecule has 3 aromatic rings. The lowest BCUT2D eigenvalue weighted by atomic mass is 10.1. The zero-order valence-electron chi connectivity index (χ0n) is 13.1. The summed E-state index contributed by atoms with van der Waals surface area (Å²) in [6.07, 6.45) is 1.55. The van der Waals surface area contributed by atoms with Crippen LogP contribution in [-0.4, -0.2) is 21.4 Å². The fraction of sp³-hybridized carbons (Fsp3) is 0.167. The second kappa shape index (κ2) is 7.01. The van der Waals surface area contributed by atoms with E-state index in [2.05, 4.69) is 31.4 Å². The van der Waals surface area contributed by atoms with Crippen molar-refractivity contribution in [3.8, 4) is 11.5 Å². The number of benzene rings is 2. The largest absolute Gasteiger partial charge is 0.411 e. The molecule has 0 fully saturated rings. The molecule has 1 N–H and O–H groups in total. The van der Waals surface area contributed by atoms with E-state index in [0.717, 1.165) is 34.1 Å². The van der Waals surface area contributed by atoms with E-state index >= 15 is 0 Å². The smallest absolute Gasteiger partial charge is 0.277 e. The van der Waals surface area contributed by atoms with E-state index < -0.39 is 0 Å². The third-order valence-electron chi connectivity index (χ3n) is 4.00. The SMILES string of the molecule is O=C1Nc2ccccc2CC[C@@H]1Sc1nnc(-c2ccccc2Br)o1. The normalized spacial score (nSPS) is 16.8. The number of aromatic nitrogens is 2. The second-order valence-electron chi connectivity index (χ2n) is 5.64. The van der Waals surface area contributed by atoms with E-state index in [1.807, 2.05) is 48.5 Å². The highest BCUT2D eigenvalue weighted by atomic mass is 79.9. The molecule has 2 heterocycles. The number of hydrogen-bond acceptors (Lipinski definition) is 5. The fourth-order valence-corrected chi connectivity index (χ4v) is 4.04. The lowest BCUT2D eigenvalue weighted by molar-refractivity contribution is -0.115. The number of halogens is 1. The maximum Gasteiger partial charge on any atom is 0.277 e. The maximum atomic E-state index is 12.5. The Morgan fingerprint density at radius 1 is 1.12 bits per heavy atom. The first-order valence-corrected chi connectivity index (χ1v) is 9.52. The Morgan fingerprint density at radius 2 is 1.92 bits per heavy atom. The first-order chi connectivity index (χ1) is 12.2. The van der Waals surface area contributed by atoms with Gasteiger partial charge in [0.1, 0.15) is 0 Å². The Labute approximate surface area is 157 Å². The van der Waals surface area contributed by atoms with Gasteiger partial charge in [-0.3, -0.25) is 4.79 Å². The molecule has 2 aromatic carbocycles. The molecule has 126 valence electrons. The van der Waals surface area contributed by atoms with E-state index in [-0.39, 0.29) is 11.2 Å². The van der Waals surface area contributed by atoms with Gasteiger partial charge >= 0.3 is 0 Å². The molecule has 7 heteroatoms. The van der Waals surface area contributed by atoms with Crippen molar-refractivity contribution in [3.63, 3.8) is 0 Å². The molecule has 0 bridgehead atoms. The monoisotopic (exact) mass is 415 g/mol. The van der Waals surface area contributed by atoms with Crippen LogP contribution in [0.4, 0.5) is 5.69 Å². The summed E-state index contributed by atoms with van der Waals surface area (Å²) in [5.74, 6) is 0.405. The van der Waals surface area contributed by atoms with Gasteiger partial charge in [-0.1, -0.05) is 42.1 Å². The van der Waals surface area contributed by atoms with Crippen LogP contribution in [-0.2, 0) is 11.2 Å². The number of anilines is 1. The summed E-state index contributed by atoms with van der Waals surface area (Å²) in [6, 6.07) is 15.5. The van der Waals surface area contributed by atoms with Crippen LogP contribution in [0.3, 0.4) is 0 Å². The first-order valence-electron chi connectivity index (χ1n) is 7.84. The summed E-state index contributed by atoms with van der Waals surface area (Å²) >= 11 is 4.79. The molecule has 0 unspecified atom stereocenters. The fourth-order valence-electron chi connectivity index (χ4n) is 2.73. The van der Waals surface area contributed by atoms with Crippen LogP contribution < -0.4 is 5.32 Å². The van der Waals surface area contributed by atoms with Crippen LogP contribution in [0.2, 0.25) is 0 Å². The molecule has 1 aromatic heterocycles. The van der Waals surface area contributed by atoms with Crippen molar-refractivity contribution >= 4 is 39.3 Å². The van der Waals surface area contributed by atoms with Gasteiger partial charge in [0.05, 0.1) is 10.8 Å². The summed E-state index contributed by atoms with van der Waals surface area (Å²) in [7, 11) is 0. The predicted octanol–water partition coefficient (Wildman–Crippen LogP) is 4.54. The number of carbonyl (C=O) groups is 1. The molecule has 1 amide bonds. The molecule has 0 spiro atoms. The van der Waals surface area contributed by atoms with Crippen molar-refractivity contribution in [3.05, 3.63) is 58.6 Å². The molecule has 1 aliphatic rings. The van der Waals surface area contributed by atoms with Crippen LogP contribution >= 0.6 is 27.7 Å². The Kier molecular flexibility index (Phi) is 4.59. The summed E-state index contributed by atoms with van der Waals surface area (Å²) in [5, 5.41) is 11.3. The maximum absolute atomic E-state index is 12.5. The van der Waals surface area contributed by atoms with Gasteiger partial charge in [-0.05, 0) is 52.5 Å². The van der Waals surface area contributed by atoms with Crippen molar-refractivity contribution in [1.82, 2.24) is 10.2 Å². The highest BCUT2D eigenvalue weighted by Crippen LogP contribution is 2.33. The topological polar surface area (TPSA) is 68.0 Å². The highest BCUT2D eigenvalue weighted by molar-refractivity contribution is 9.10. The third-order valence-corrected chi connectivity index (χ3v) is 5.79. The van der Waals surface area contributed by atoms with Crippen molar-refractivity contribution in [2.75, 3.05) is 5.32 Å². The van der Waals surface area contributed by atoms with E-state index in [9.17, 15) is 4.79 Å². The standard InChI is InChI=1S/C18H14BrN3O2S/c19-13-7-3-2-6-12(13)17-21-22-18(24-17)25-15-10-9-11-5-1-4-8-14(11)20-16(15)23/h1-8,15H,9-10H2,(H,20,23)/t15-/m0/s1. The van der Waals surface area contributed by atoms with Gasteiger partial charge in [0.25, 0.3) is 5.22 Å². The van der Waals surface area contributed by atoms with Crippen molar-refractivity contribution in [1.29, 1.82) is 0 Å². The molecule has 0 radical (unpaired) electrons. The minimum atomic E-state index is -0.264. The number of hydrogen-bond donors (Lipinski definition) is 1. The van der Waals surface area contributed by atoms with E-state index in [1.54, 1.807) is 0 Å². The van der Waals surface area contributed by atoms with Gasteiger partial charge in [-0.15, -0.1) is 10.2 Å². The zero-order chi connectivity index (χ0) is 17.2. The number of nitrogens with zero attached hydrogens (tertiary/aromatic N) is 2. The first kappa shape index (κ1) is 16.4. The van der Waals surface area contributed by atoms with Gasteiger partial charge in [-0.25, -0.2) is 0 Å². The number of thioether (sulfide) groups is 1. The van der Waals surface area contributed by atoms with Gasteiger partial charge in [-0.2, -0.15) is 0 Å². The minimum absolute atomic E-state index is 0.0319. The molecular formula is C18H14BrN3O2S. The molecule has 5 nitrogen and oxygen atoms in total. The number of aryl methyl sites for hydroxylation is 1. The third kappa shape index (κ3) is 3.48. The molecular weight excluding hydrogens is 402 g/mol. The highest BCUT2D eigenvalue weighted by Gasteiger charge is 2.26. The molecule has 0 saturated carbocycles. The predicted molar refractivity (Wildman–Crippen MR) is 100 cm³/mol. The van der Waals surface area contributed by atoms with Crippen LogP contribution in [0.5, 0.6) is 0 Å². The molecule has 0 saturated heterocycles. The molecule has 4 rings (SSSR count). The number of rotatable bonds is 3. The van der Waals surface area contributed by atoms with Crippen LogP contribution in [0, 0.1) is 0 Å². The lowest BCUT2D eigenvalue weighted by Gasteiger charge is -2.09. The molecule has 0 aliphatic carbocycles. The number of amides is 1. The molecule has 1 aliphatic heterocycles. The van der Waals surface area contributed by atoms with E-state index in [0.29, 0.717) is 11.1 Å². The van der Waals surface area contributed by atoms with Gasteiger partial charge in [0, 0.05) is 10.2 Å². The molecule has 1 atom stereocenters. The Balaban J connectivity index is 1.52. The lowest BCUT2D eigenvalue weighted by Crippen LogP contribution is -2.23. The van der Waals surface area contributed by atoms with Crippen molar-refractivity contribution in [2.45, 2.75) is 23.3 Å². The van der Waals surface area contributed by atoms with Gasteiger partial charge in [0.15, 0.2) is 0 Å². The number of carbonyl (C=O) groups excluding carboxylic acids is 1. The Hall–Kier alpha value is -2.12. The van der Waals surface area contributed by atoms with E-state index in [4.69, 9.17) is 4.42 Å². The Bertz CT molecular complexity index is 928. The van der Waals surface area contributed by atoms with Gasteiger partial charge < -0.3 is 9.73 Å². The Morgan fingerprint density at radius 3 is 2.80 bits per heavy atom. The summed E-state index contributed by atoms with van der Waals surface area (Å²) < 4.78 is 6.64. The number of para-hydroxylation sites is 1. The van der Waals surface area contributed by atoms with Crippen molar-refractivity contribution in [2.24, 2.45) is 0 Å². The summed E-state index contributed by atoms with van der Waals surface area (Å²) in [5.41, 5.74) is 2.87. The van der Waals surface area contributed by atoms with Crippen LogP contribution in [0.15, 0.2) is 62.6 Å². The number of fused-ring (bicyclic) bond motifs is 1.